The minimum Gasteiger partial charge on any atom is -0.397 e. The normalized spacial score (nSPS) is 12.1. The van der Waals surface area contributed by atoms with E-state index in [1.807, 2.05) is 12.1 Å². The van der Waals surface area contributed by atoms with Gasteiger partial charge in [0, 0.05) is 28.7 Å². The van der Waals surface area contributed by atoms with E-state index in [-0.39, 0.29) is 12.3 Å². The van der Waals surface area contributed by atoms with Crippen molar-refractivity contribution >= 4 is 28.1 Å². The van der Waals surface area contributed by atoms with Crippen molar-refractivity contribution in [2.24, 2.45) is 0 Å². The lowest BCUT2D eigenvalue weighted by Crippen LogP contribution is -2.16. The zero-order chi connectivity index (χ0) is 13.4. The summed E-state index contributed by atoms with van der Waals surface area (Å²) >= 11 is 0. The summed E-state index contributed by atoms with van der Waals surface area (Å²) in [5.74, 6) is 0.952. The predicted octanol–water partition coefficient (Wildman–Crippen LogP) is 2.15. The number of para-hydroxylation sites is 2. The van der Waals surface area contributed by atoms with E-state index in [0.717, 1.165) is 12.8 Å². The molecule has 5 heteroatoms. The molecular weight excluding hydrogens is 248 g/mol. The monoisotopic (exact) mass is 268 g/mol. The van der Waals surface area contributed by atoms with Gasteiger partial charge < -0.3 is 11.1 Å². The van der Waals surface area contributed by atoms with E-state index in [9.17, 15) is 9.00 Å². The molecule has 1 aromatic carbocycles. The Morgan fingerprint density at radius 2 is 2.06 bits per heavy atom. The highest BCUT2D eigenvalue weighted by molar-refractivity contribution is 7.84. The lowest BCUT2D eigenvalue weighted by molar-refractivity contribution is -0.115. The van der Waals surface area contributed by atoms with Gasteiger partial charge in [0.25, 0.3) is 0 Å². The van der Waals surface area contributed by atoms with Crippen LogP contribution in [0.25, 0.3) is 0 Å². The maximum atomic E-state index is 11.6. The molecule has 0 fully saturated rings. The average molecular weight is 268 g/mol. The number of rotatable bonds is 7. The first kappa shape index (κ1) is 14.7. The minimum absolute atomic E-state index is 0.141. The molecule has 1 rings (SSSR count). The molecule has 3 N–H and O–H groups in total. The van der Waals surface area contributed by atoms with Crippen LogP contribution >= 0.6 is 0 Å². The molecule has 0 spiro atoms. The van der Waals surface area contributed by atoms with Crippen molar-refractivity contribution in [3.63, 3.8) is 0 Å². The Morgan fingerprint density at radius 3 is 2.72 bits per heavy atom. The number of nitrogen functional groups attached to an aromatic ring is 1. The van der Waals surface area contributed by atoms with E-state index in [0.29, 0.717) is 22.9 Å². The molecule has 0 radical (unpaired) electrons. The number of carbonyl (C=O) groups excluding carboxylic acids is 1. The lowest BCUT2D eigenvalue weighted by Gasteiger charge is -2.07. The number of unbranched alkanes of at least 4 members (excludes halogenated alkanes) is 1. The average Bonchev–Trinajstić information content (AvgIpc) is 2.36. The number of anilines is 2. The molecule has 1 atom stereocenters. The third-order valence-corrected chi connectivity index (χ3v) is 3.92. The molecule has 4 nitrogen and oxygen atoms in total. The maximum Gasteiger partial charge on any atom is 0.225 e. The number of hydrogen-bond donors (Lipinski definition) is 2. The predicted molar refractivity (Wildman–Crippen MR) is 76.9 cm³/mol. The number of nitrogens with two attached hydrogens (primary N) is 1. The highest BCUT2D eigenvalue weighted by Gasteiger charge is 2.07. The molecule has 100 valence electrons. The summed E-state index contributed by atoms with van der Waals surface area (Å²) < 4.78 is 11.5. The Morgan fingerprint density at radius 1 is 1.33 bits per heavy atom. The molecule has 0 saturated carbocycles. The summed E-state index contributed by atoms with van der Waals surface area (Å²) in [6.07, 6.45) is 2.24. The number of carbonyl (C=O) groups is 1. The van der Waals surface area contributed by atoms with Gasteiger partial charge in [0.05, 0.1) is 11.4 Å². The fourth-order valence-corrected chi connectivity index (χ4v) is 2.67. The smallest absolute Gasteiger partial charge is 0.225 e. The summed E-state index contributed by atoms with van der Waals surface area (Å²) in [5, 5.41) is 2.72. The Balaban J connectivity index is 2.34. The molecule has 0 aliphatic rings. The van der Waals surface area contributed by atoms with Gasteiger partial charge in [-0.2, -0.15) is 0 Å². The van der Waals surface area contributed by atoms with E-state index in [1.54, 1.807) is 12.1 Å². The first-order valence-electron chi connectivity index (χ1n) is 6.12. The fourth-order valence-electron chi connectivity index (χ4n) is 1.44. The van der Waals surface area contributed by atoms with Gasteiger partial charge in [-0.3, -0.25) is 9.00 Å². The lowest BCUT2D eigenvalue weighted by atomic mass is 10.2. The Labute approximate surface area is 110 Å². The topological polar surface area (TPSA) is 72.2 Å². The highest BCUT2D eigenvalue weighted by atomic mass is 32.2. The number of amides is 1. The van der Waals surface area contributed by atoms with Crippen molar-refractivity contribution in [3.05, 3.63) is 24.3 Å². The van der Waals surface area contributed by atoms with Crippen molar-refractivity contribution in [3.8, 4) is 0 Å². The van der Waals surface area contributed by atoms with Crippen LogP contribution in [0.4, 0.5) is 11.4 Å². The van der Waals surface area contributed by atoms with Crippen LogP contribution in [0.3, 0.4) is 0 Å². The maximum absolute atomic E-state index is 11.6. The molecular formula is C13H20N2O2S. The quantitative estimate of drug-likeness (QED) is 0.744. The van der Waals surface area contributed by atoms with Gasteiger partial charge in [-0.25, -0.2) is 0 Å². The zero-order valence-corrected chi connectivity index (χ0v) is 11.5. The highest BCUT2D eigenvalue weighted by Crippen LogP contribution is 2.16. The van der Waals surface area contributed by atoms with E-state index in [1.165, 1.54) is 0 Å². The molecule has 0 heterocycles. The molecule has 0 aliphatic carbocycles. The van der Waals surface area contributed by atoms with Crippen LogP contribution in [0, 0.1) is 0 Å². The van der Waals surface area contributed by atoms with Crippen molar-refractivity contribution in [2.75, 3.05) is 22.6 Å². The van der Waals surface area contributed by atoms with Gasteiger partial charge in [-0.15, -0.1) is 0 Å². The van der Waals surface area contributed by atoms with Gasteiger partial charge >= 0.3 is 0 Å². The van der Waals surface area contributed by atoms with Crippen molar-refractivity contribution in [1.82, 2.24) is 0 Å². The van der Waals surface area contributed by atoms with Crippen LogP contribution in [0.2, 0.25) is 0 Å². The van der Waals surface area contributed by atoms with Crippen LogP contribution < -0.4 is 11.1 Å². The van der Waals surface area contributed by atoms with Crippen LogP contribution in [-0.2, 0) is 15.6 Å². The van der Waals surface area contributed by atoms with E-state index in [2.05, 4.69) is 12.2 Å². The van der Waals surface area contributed by atoms with Crippen LogP contribution in [0.15, 0.2) is 24.3 Å². The van der Waals surface area contributed by atoms with Gasteiger partial charge in [-0.1, -0.05) is 25.5 Å². The molecule has 1 amide bonds. The second-order valence-corrected chi connectivity index (χ2v) is 5.78. The minimum atomic E-state index is -0.896. The molecule has 1 unspecified atom stereocenters. The van der Waals surface area contributed by atoms with E-state index < -0.39 is 10.8 Å². The second kappa shape index (κ2) is 7.87. The largest absolute Gasteiger partial charge is 0.397 e. The van der Waals surface area contributed by atoms with E-state index >= 15 is 0 Å². The van der Waals surface area contributed by atoms with Crippen LogP contribution in [0.1, 0.15) is 26.2 Å². The Kier molecular flexibility index (Phi) is 6.43. The van der Waals surface area contributed by atoms with Crippen molar-refractivity contribution < 1.29 is 9.00 Å². The first-order chi connectivity index (χ1) is 8.63. The summed E-state index contributed by atoms with van der Waals surface area (Å²) in [7, 11) is -0.896. The molecule has 0 saturated heterocycles. The third kappa shape index (κ3) is 5.31. The standard InChI is InChI=1S/C13H20N2O2S/c1-2-3-9-18(17)10-8-13(16)15-12-7-5-4-6-11(12)14/h4-7H,2-3,8-10,14H2,1H3,(H,15,16). The molecule has 1 aromatic rings. The third-order valence-electron chi connectivity index (χ3n) is 2.52. The molecule has 0 bridgehead atoms. The van der Waals surface area contributed by atoms with Crippen LogP contribution in [-0.4, -0.2) is 21.6 Å². The van der Waals surface area contributed by atoms with Gasteiger partial charge in [-0.05, 0) is 18.6 Å². The van der Waals surface area contributed by atoms with Gasteiger partial charge in [0.2, 0.25) is 5.91 Å². The second-order valence-electron chi connectivity index (χ2n) is 4.09. The molecule has 18 heavy (non-hydrogen) atoms. The molecule has 0 aliphatic heterocycles. The summed E-state index contributed by atoms with van der Waals surface area (Å²) in [6.45, 7) is 2.06. The SMILES string of the molecule is CCCCS(=O)CCC(=O)Nc1ccccc1N. The van der Waals surface area contributed by atoms with Crippen molar-refractivity contribution in [1.29, 1.82) is 0 Å². The van der Waals surface area contributed by atoms with Gasteiger partial charge in [0.1, 0.15) is 0 Å². The van der Waals surface area contributed by atoms with Crippen LogP contribution in [0.5, 0.6) is 0 Å². The first-order valence-corrected chi connectivity index (χ1v) is 7.61. The molecule has 0 aromatic heterocycles. The number of benzene rings is 1. The summed E-state index contributed by atoms with van der Waals surface area (Å²) in [5.41, 5.74) is 6.87. The fraction of sp³-hybridized carbons (Fsp3) is 0.462. The van der Waals surface area contributed by atoms with E-state index in [4.69, 9.17) is 5.73 Å². The summed E-state index contributed by atoms with van der Waals surface area (Å²) in [6, 6.07) is 7.10. The zero-order valence-electron chi connectivity index (χ0n) is 10.6. The Hall–Kier alpha value is -1.36. The number of hydrogen-bond acceptors (Lipinski definition) is 3. The summed E-state index contributed by atoms with van der Waals surface area (Å²) in [4.78, 5) is 11.6. The van der Waals surface area contributed by atoms with Crippen molar-refractivity contribution in [2.45, 2.75) is 26.2 Å². The Bertz CT molecular complexity index is 421. The van der Waals surface area contributed by atoms with Gasteiger partial charge in [0.15, 0.2) is 0 Å². The number of nitrogens with one attached hydrogen (secondary N) is 1.